The zero-order valence-electron chi connectivity index (χ0n) is 16.5. The average molecular weight is 409 g/mol. The Morgan fingerprint density at radius 2 is 1.97 bits per heavy atom. The molecule has 0 radical (unpaired) electrons. The molecule has 1 aromatic heterocycles. The molecule has 2 aliphatic carbocycles. The second-order valence-corrected chi connectivity index (χ2v) is 8.75. The van der Waals surface area contributed by atoms with Crippen molar-refractivity contribution in [2.24, 2.45) is 0 Å². The van der Waals surface area contributed by atoms with Crippen molar-refractivity contribution in [1.29, 1.82) is 0 Å². The topological polar surface area (TPSA) is 61.4 Å². The van der Waals surface area contributed by atoms with Gasteiger partial charge >= 0.3 is 0 Å². The lowest BCUT2D eigenvalue weighted by atomic mass is 9.82. The highest BCUT2D eigenvalue weighted by molar-refractivity contribution is 7.12. The van der Waals surface area contributed by atoms with Gasteiger partial charge in [0.05, 0.1) is 10.9 Å². The lowest BCUT2D eigenvalue weighted by Crippen LogP contribution is -2.54. The lowest BCUT2D eigenvalue weighted by Gasteiger charge is -2.34. The second kappa shape index (κ2) is 9.53. The molecule has 0 fully saturated rings. The highest BCUT2D eigenvalue weighted by atomic mass is 32.1. The van der Waals surface area contributed by atoms with Crippen LogP contribution in [-0.2, 0) is 6.42 Å². The minimum atomic E-state index is -0.828. The number of allylic oxidation sites excluding steroid dienone is 2. The van der Waals surface area contributed by atoms with Crippen molar-refractivity contribution in [2.45, 2.75) is 56.8 Å². The van der Waals surface area contributed by atoms with Crippen LogP contribution in [0.25, 0.3) is 0 Å². The van der Waals surface area contributed by atoms with Crippen molar-refractivity contribution < 1.29 is 9.90 Å². The van der Waals surface area contributed by atoms with E-state index in [9.17, 15) is 9.90 Å². The Morgan fingerprint density at radius 3 is 2.76 bits per heavy atom. The molecule has 5 heteroatoms. The maximum Gasteiger partial charge on any atom is 0.261 e. The standard InChI is InChI=1S/C24H28N2O2S/c27-23(25-20-13-6-11-18-10-4-5-12-19(18)20)21(16-17-8-2-1-3-9-17)26-24(28)22-14-7-15-29-22/h1-3,6-9,11,14-15,20-21,23,25,27H,4-5,10,12-13,16H2,(H,26,28). The molecule has 0 spiro atoms. The number of aliphatic hydroxyl groups is 1. The second-order valence-electron chi connectivity index (χ2n) is 7.81. The van der Waals surface area contributed by atoms with Gasteiger partial charge in [0.15, 0.2) is 0 Å². The third-order valence-corrected chi connectivity index (χ3v) is 6.65. The van der Waals surface area contributed by atoms with E-state index in [2.05, 4.69) is 22.8 Å². The van der Waals surface area contributed by atoms with Crippen molar-refractivity contribution in [3.8, 4) is 0 Å². The summed E-state index contributed by atoms with van der Waals surface area (Å²) in [4.78, 5) is 13.3. The van der Waals surface area contributed by atoms with E-state index in [-0.39, 0.29) is 11.9 Å². The summed E-state index contributed by atoms with van der Waals surface area (Å²) in [7, 11) is 0. The van der Waals surface area contributed by atoms with Crippen LogP contribution in [0.2, 0.25) is 0 Å². The first-order chi connectivity index (χ1) is 14.2. The number of benzene rings is 1. The molecule has 3 unspecified atom stereocenters. The van der Waals surface area contributed by atoms with Gasteiger partial charge in [-0.25, -0.2) is 0 Å². The number of carbonyl (C=O) groups excluding carboxylic acids is 1. The van der Waals surface area contributed by atoms with Gasteiger partial charge in [-0.3, -0.25) is 10.1 Å². The normalized spacial score (nSPS) is 20.8. The van der Waals surface area contributed by atoms with E-state index >= 15 is 0 Å². The molecule has 0 aliphatic heterocycles. The molecule has 1 amide bonds. The highest BCUT2D eigenvalue weighted by Crippen LogP contribution is 2.32. The molecule has 152 valence electrons. The number of rotatable bonds is 7. The van der Waals surface area contributed by atoms with Crippen LogP contribution in [0.5, 0.6) is 0 Å². The summed E-state index contributed by atoms with van der Waals surface area (Å²) < 4.78 is 0. The zero-order chi connectivity index (χ0) is 20.1. The molecular formula is C24H28N2O2S. The summed E-state index contributed by atoms with van der Waals surface area (Å²) in [5.74, 6) is -0.136. The molecule has 3 atom stereocenters. The summed E-state index contributed by atoms with van der Waals surface area (Å²) in [6.45, 7) is 0. The van der Waals surface area contributed by atoms with E-state index < -0.39 is 12.3 Å². The van der Waals surface area contributed by atoms with E-state index in [1.54, 1.807) is 0 Å². The predicted octanol–water partition coefficient (Wildman–Crippen LogP) is 4.20. The van der Waals surface area contributed by atoms with Gasteiger partial charge in [-0.05, 0) is 66.7 Å². The van der Waals surface area contributed by atoms with Crippen molar-refractivity contribution >= 4 is 17.2 Å². The minimum absolute atomic E-state index is 0.136. The smallest absolute Gasteiger partial charge is 0.261 e. The molecule has 0 saturated carbocycles. The maximum atomic E-state index is 12.7. The van der Waals surface area contributed by atoms with Crippen LogP contribution in [0.1, 0.15) is 47.3 Å². The first-order valence-corrected chi connectivity index (χ1v) is 11.3. The third-order valence-electron chi connectivity index (χ3n) is 5.78. The number of amides is 1. The highest BCUT2D eigenvalue weighted by Gasteiger charge is 2.28. The van der Waals surface area contributed by atoms with Gasteiger partial charge in [0.25, 0.3) is 5.91 Å². The van der Waals surface area contributed by atoms with Gasteiger partial charge in [0, 0.05) is 6.04 Å². The SMILES string of the molecule is O=C(NC(Cc1ccccc1)C(O)NC1CC=CC2=C1CCCC2)c1cccs1. The third kappa shape index (κ3) is 5.04. The molecule has 3 N–H and O–H groups in total. The fourth-order valence-electron chi connectivity index (χ4n) is 4.28. The van der Waals surface area contributed by atoms with Crippen molar-refractivity contribution in [1.82, 2.24) is 10.6 Å². The van der Waals surface area contributed by atoms with Crippen LogP contribution in [0.15, 0.2) is 71.1 Å². The first kappa shape index (κ1) is 20.1. The minimum Gasteiger partial charge on any atom is -0.376 e. The van der Waals surface area contributed by atoms with Gasteiger partial charge in [-0.15, -0.1) is 11.3 Å². The van der Waals surface area contributed by atoms with E-state index in [0.717, 1.165) is 24.8 Å². The van der Waals surface area contributed by atoms with Gasteiger partial charge < -0.3 is 10.4 Å². The van der Waals surface area contributed by atoms with Gasteiger partial charge in [0.2, 0.25) is 0 Å². The van der Waals surface area contributed by atoms with Gasteiger partial charge in [-0.1, -0.05) is 48.6 Å². The summed E-state index contributed by atoms with van der Waals surface area (Å²) in [5, 5.41) is 19.5. The summed E-state index contributed by atoms with van der Waals surface area (Å²) in [6, 6.07) is 13.4. The predicted molar refractivity (Wildman–Crippen MR) is 118 cm³/mol. The molecule has 2 aromatic rings. The fraction of sp³-hybridized carbons (Fsp3) is 0.375. The lowest BCUT2D eigenvalue weighted by molar-refractivity contribution is 0.0695. The molecule has 4 rings (SSSR count). The number of hydrogen-bond donors (Lipinski definition) is 3. The first-order valence-electron chi connectivity index (χ1n) is 10.4. The number of nitrogens with one attached hydrogen (secondary N) is 2. The average Bonchev–Trinajstić information content (AvgIpc) is 3.29. The maximum absolute atomic E-state index is 12.7. The van der Waals surface area contributed by atoms with Crippen molar-refractivity contribution in [3.63, 3.8) is 0 Å². The Hall–Kier alpha value is -2.21. The van der Waals surface area contributed by atoms with E-state index in [0.29, 0.717) is 11.3 Å². The molecule has 0 saturated heterocycles. The number of aliphatic hydroxyl groups excluding tert-OH is 1. The summed E-state index contributed by atoms with van der Waals surface area (Å²) in [6.07, 6.45) is 9.75. The van der Waals surface area contributed by atoms with Crippen LogP contribution < -0.4 is 10.6 Å². The van der Waals surface area contributed by atoms with Crippen LogP contribution >= 0.6 is 11.3 Å². The van der Waals surface area contributed by atoms with E-state index in [1.165, 1.54) is 35.3 Å². The van der Waals surface area contributed by atoms with Gasteiger partial charge in [-0.2, -0.15) is 0 Å². The largest absolute Gasteiger partial charge is 0.376 e. The Morgan fingerprint density at radius 1 is 1.14 bits per heavy atom. The molecule has 1 aromatic carbocycles. The monoisotopic (exact) mass is 408 g/mol. The Balaban J connectivity index is 1.49. The van der Waals surface area contributed by atoms with E-state index in [1.807, 2.05) is 47.8 Å². The summed E-state index contributed by atoms with van der Waals surface area (Å²) in [5.41, 5.74) is 3.95. The number of hydrogen-bond acceptors (Lipinski definition) is 4. The van der Waals surface area contributed by atoms with Gasteiger partial charge in [0.1, 0.15) is 6.23 Å². The van der Waals surface area contributed by atoms with Crippen LogP contribution in [-0.4, -0.2) is 29.3 Å². The molecule has 0 bridgehead atoms. The quantitative estimate of drug-likeness (QED) is 0.602. The van der Waals surface area contributed by atoms with Crippen LogP contribution in [0.4, 0.5) is 0 Å². The van der Waals surface area contributed by atoms with Crippen LogP contribution in [0.3, 0.4) is 0 Å². The molecular weight excluding hydrogens is 380 g/mol. The molecule has 29 heavy (non-hydrogen) atoms. The molecule has 1 heterocycles. The van der Waals surface area contributed by atoms with Crippen molar-refractivity contribution in [3.05, 3.63) is 81.6 Å². The molecule has 4 nitrogen and oxygen atoms in total. The van der Waals surface area contributed by atoms with E-state index in [4.69, 9.17) is 0 Å². The Bertz CT molecular complexity index is 874. The molecule has 2 aliphatic rings. The Kier molecular flexibility index (Phi) is 6.60. The summed E-state index contributed by atoms with van der Waals surface area (Å²) >= 11 is 1.41. The fourth-order valence-corrected chi connectivity index (χ4v) is 4.90. The number of thiophene rings is 1. The zero-order valence-corrected chi connectivity index (χ0v) is 17.3. The van der Waals surface area contributed by atoms with Crippen molar-refractivity contribution in [2.75, 3.05) is 0 Å². The number of carbonyl (C=O) groups is 1. The Labute approximate surface area is 176 Å². The van der Waals surface area contributed by atoms with Crippen LogP contribution in [0, 0.1) is 0 Å².